The molecule has 6 nitrogen and oxygen atoms in total. The topological polar surface area (TPSA) is 48.8 Å². The van der Waals surface area contributed by atoms with Gasteiger partial charge in [0.1, 0.15) is 0 Å². The molecule has 0 bridgehead atoms. The quantitative estimate of drug-likeness (QED) is 0.384. The fraction of sp³-hybridized carbons (Fsp3) is 0.267. The predicted molar refractivity (Wildman–Crippen MR) is 147 cm³/mol. The molecule has 2 atom stereocenters. The fourth-order valence-corrected chi connectivity index (χ4v) is 6.10. The third-order valence-electron chi connectivity index (χ3n) is 7.88. The molecule has 0 radical (unpaired) electrons. The molecule has 4 aromatic rings. The van der Waals surface area contributed by atoms with Crippen molar-refractivity contribution in [2.75, 3.05) is 38.1 Å². The smallest absolute Gasteiger partial charge is 0.254 e. The number of benzene rings is 3. The Balaban J connectivity index is 1.37. The van der Waals surface area contributed by atoms with E-state index in [1.54, 1.807) is 4.90 Å². The summed E-state index contributed by atoms with van der Waals surface area (Å²) in [7, 11) is 3.83. The van der Waals surface area contributed by atoms with Crippen LogP contribution in [-0.4, -0.2) is 59.4 Å². The maximum atomic E-state index is 14.3. The van der Waals surface area contributed by atoms with E-state index in [2.05, 4.69) is 27.8 Å². The van der Waals surface area contributed by atoms with Crippen LogP contribution in [0.3, 0.4) is 0 Å². The van der Waals surface area contributed by atoms with Crippen molar-refractivity contribution in [1.82, 2.24) is 14.4 Å². The SMILES string of the molecule is CN1C(=O)c2ccccc2[C@@H](C(=O)N2CCN(c3ccc(Cl)cc3)CC2)[C@@H]1c1cn(C)c2ccccc12. The van der Waals surface area contributed by atoms with Gasteiger partial charge in [-0.05, 0) is 42.0 Å². The van der Waals surface area contributed by atoms with Gasteiger partial charge in [-0.25, -0.2) is 0 Å². The third kappa shape index (κ3) is 3.96. The molecule has 0 unspecified atom stereocenters. The number of carbonyl (C=O) groups excluding carboxylic acids is 2. The number of carbonyl (C=O) groups is 2. The van der Waals surface area contributed by atoms with Gasteiger partial charge in [-0.2, -0.15) is 0 Å². The summed E-state index contributed by atoms with van der Waals surface area (Å²) in [6, 6.07) is 23.2. The average molecular weight is 513 g/mol. The molecule has 7 heteroatoms. The highest BCUT2D eigenvalue weighted by Gasteiger charge is 2.45. The van der Waals surface area contributed by atoms with E-state index >= 15 is 0 Å². The number of rotatable bonds is 3. The van der Waals surface area contributed by atoms with E-state index in [0.717, 1.165) is 40.8 Å². The number of amides is 2. The van der Waals surface area contributed by atoms with Gasteiger partial charge in [0.15, 0.2) is 0 Å². The molecule has 37 heavy (non-hydrogen) atoms. The number of nitrogens with zero attached hydrogens (tertiary/aromatic N) is 4. The van der Waals surface area contributed by atoms with Crippen LogP contribution in [0.4, 0.5) is 5.69 Å². The summed E-state index contributed by atoms with van der Waals surface area (Å²) in [5.41, 5.74) is 4.62. The first-order chi connectivity index (χ1) is 17.9. The normalized spacial score (nSPS) is 19.9. The van der Waals surface area contributed by atoms with Gasteiger partial charge in [0.25, 0.3) is 5.91 Å². The second-order valence-electron chi connectivity index (χ2n) is 9.93. The minimum atomic E-state index is -0.480. The van der Waals surface area contributed by atoms with E-state index in [0.29, 0.717) is 23.7 Å². The van der Waals surface area contributed by atoms with Crippen LogP contribution in [0.15, 0.2) is 79.0 Å². The highest BCUT2D eigenvalue weighted by Crippen LogP contribution is 2.45. The molecule has 6 rings (SSSR count). The van der Waals surface area contributed by atoms with Crippen molar-refractivity contribution in [3.63, 3.8) is 0 Å². The largest absolute Gasteiger partial charge is 0.368 e. The number of likely N-dealkylation sites (N-methyl/N-ethyl adjacent to an activating group) is 1. The van der Waals surface area contributed by atoms with Gasteiger partial charge < -0.3 is 19.3 Å². The third-order valence-corrected chi connectivity index (χ3v) is 8.13. The Morgan fingerprint density at radius 3 is 2.27 bits per heavy atom. The van der Waals surface area contributed by atoms with Crippen LogP contribution in [0.1, 0.15) is 33.4 Å². The number of para-hydroxylation sites is 1. The molecule has 3 aromatic carbocycles. The van der Waals surface area contributed by atoms with Crippen molar-refractivity contribution in [2.24, 2.45) is 7.05 Å². The van der Waals surface area contributed by atoms with Crippen molar-refractivity contribution in [3.8, 4) is 0 Å². The second-order valence-corrected chi connectivity index (χ2v) is 10.4. The van der Waals surface area contributed by atoms with Crippen molar-refractivity contribution in [3.05, 3.63) is 101 Å². The Kier molecular flexibility index (Phi) is 5.92. The zero-order valence-electron chi connectivity index (χ0n) is 21.0. The lowest BCUT2D eigenvalue weighted by molar-refractivity contribution is -0.134. The Labute approximate surface area is 221 Å². The summed E-state index contributed by atoms with van der Waals surface area (Å²) in [5, 5.41) is 1.78. The number of piperazine rings is 1. The Morgan fingerprint density at radius 1 is 0.838 bits per heavy atom. The molecule has 2 amide bonds. The van der Waals surface area contributed by atoms with E-state index in [1.807, 2.05) is 79.7 Å². The summed E-state index contributed by atoms with van der Waals surface area (Å²) in [6.45, 7) is 2.74. The lowest BCUT2D eigenvalue weighted by atomic mass is 9.79. The maximum absolute atomic E-state index is 14.3. The summed E-state index contributed by atoms with van der Waals surface area (Å²) in [5.74, 6) is -0.461. The van der Waals surface area contributed by atoms with Gasteiger partial charge in [-0.15, -0.1) is 0 Å². The molecule has 1 saturated heterocycles. The Morgan fingerprint density at radius 2 is 1.51 bits per heavy atom. The second kappa shape index (κ2) is 9.27. The van der Waals surface area contributed by atoms with E-state index in [4.69, 9.17) is 11.6 Å². The highest BCUT2D eigenvalue weighted by molar-refractivity contribution is 6.30. The number of aryl methyl sites for hydroxylation is 1. The minimum absolute atomic E-state index is 0.0508. The number of aromatic nitrogens is 1. The molecule has 2 aliphatic heterocycles. The molecule has 0 aliphatic carbocycles. The summed E-state index contributed by atoms with van der Waals surface area (Å²) < 4.78 is 2.08. The van der Waals surface area contributed by atoms with Crippen LogP contribution >= 0.6 is 11.6 Å². The number of anilines is 1. The lowest BCUT2D eigenvalue weighted by Gasteiger charge is -2.43. The van der Waals surface area contributed by atoms with Crippen molar-refractivity contribution in [2.45, 2.75) is 12.0 Å². The van der Waals surface area contributed by atoms with Gasteiger partial charge in [-0.1, -0.05) is 48.0 Å². The van der Waals surface area contributed by atoms with Gasteiger partial charge in [0.05, 0.1) is 12.0 Å². The van der Waals surface area contributed by atoms with Crippen LogP contribution in [0, 0.1) is 0 Å². The molecule has 0 saturated carbocycles. The van der Waals surface area contributed by atoms with Crippen molar-refractivity contribution < 1.29 is 9.59 Å². The standard InChI is InChI=1S/C30H29ClN4O2/c1-32-19-25(22-7-5-6-10-26(22)32)28-27(23-8-3-4-9-24(23)29(36)33(28)2)30(37)35-17-15-34(16-18-35)21-13-11-20(31)12-14-21/h3-14,19,27-28H,15-18H2,1-2H3/t27-,28+/m1/s1. The van der Waals surface area contributed by atoms with Gasteiger partial charge in [0, 0.05) is 79.2 Å². The number of hydrogen-bond donors (Lipinski definition) is 0. The van der Waals surface area contributed by atoms with E-state index < -0.39 is 12.0 Å². The summed E-state index contributed by atoms with van der Waals surface area (Å²) >= 11 is 6.07. The molecule has 0 N–H and O–H groups in total. The molecule has 1 aromatic heterocycles. The Hall–Kier alpha value is -3.77. The van der Waals surface area contributed by atoms with E-state index in [9.17, 15) is 9.59 Å². The van der Waals surface area contributed by atoms with Gasteiger partial charge >= 0.3 is 0 Å². The first-order valence-electron chi connectivity index (χ1n) is 12.6. The number of hydrogen-bond acceptors (Lipinski definition) is 3. The monoisotopic (exact) mass is 512 g/mol. The predicted octanol–water partition coefficient (Wildman–Crippen LogP) is 5.09. The van der Waals surface area contributed by atoms with E-state index in [1.165, 1.54) is 0 Å². The van der Waals surface area contributed by atoms with Crippen molar-refractivity contribution >= 4 is 40.0 Å². The lowest BCUT2D eigenvalue weighted by Crippen LogP contribution is -2.53. The van der Waals surface area contributed by atoms with Gasteiger partial charge in [0.2, 0.25) is 5.91 Å². The molecular weight excluding hydrogens is 484 g/mol. The molecule has 0 spiro atoms. The van der Waals surface area contributed by atoms with Crippen LogP contribution in [0.2, 0.25) is 5.02 Å². The molecule has 188 valence electrons. The fourth-order valence-electron chi connectivity index (χ4n) is 5.97. The molecule has 1 fully saturated rings. The molecule has 3 heterocycles. The average Bonchev–Trinajstić information content (AvgIpc) is 3.27. The van der Waals surface area contributed by atoms with Gasteiger partial charge in [-0.3, -0.25) is 9.59 Å². The molecule has 2 aliphatic rings. The number of fused-ring (bicyclic) bond motifs is 2. The van der Waals surface area contributed by atoms with E-state index in [-0.39, 0.29) is 11.8 Å². The zero-order valence-corrected chi connectivity index (χ0v) is 21.7. The van der Waals surface area contributed by atoms with Crippen LogP contribution < -0.4 is 4.90 Å². The molecular formula is C30H29ClN4O2. The number of halogens is 1. The zero-order chi connectivity index (χ0) is 25.7. The Bertz CT molecular complexity index is 1490. The van der Waals surface area contributed by atoms with Crippen LogP contribution in [-0.2, 0) is 11.8 Å². The van der Waals surface area contributed by atoms with Crippen LogP contribution in [0.5, 0.6) is 0 Å². The minimum Gasteiger partial charge on any atom is -0.368 e. The summed E-state index contributed by atoms with van der Waals surface area (Å²) in [6.07, 6.45) is 2.08. The van der Waals surface area contributed by atoms with Crippen molar-refractivity contribution in [1.29, 1.82) is 0 Å². The first-order valence-corrected chi connectivity index (χ1v) is 13.0. The highest BCUT2D eigenvalue weighted by atomic mass is 35.5. The summed E-state index contributed by atoms with van der Waals surface area (Å²) in [4.78, 5) is 33.8. The maximum Gasteiger partial charge on any atom is 0.254 e. The van der Waals surface area contributed by atoms with Crippen LogP contribution in [0.25, 0.3) is 10.9 Å². The first kappa shape index (κ1) is 23.6.